The molecule has 2 aliphatic rings. The fourth-order valence-corrected chi connectivity index (χ4v) is 2.83. The van der Waals surface area contributed by atoms with Gasteiger partial charge in [0.25, 0.3) is 0 Å². The minimum atomic E-state index is 0.312. The van der Waals surface area contributed by atoms with E-state index in [1.54, 1.807) is 0 Å². The van der Waals surface area contributed by atoms with Crippen molar-refractivity contribution < 1.29 is 9.47 Å². The molecule has 0 amide bonds. The zero-order valence-corrected chi connectivity index (χ0v) is 11.7. The predicted octanol–water partition coefficient (Wildman–Crippen LogP) is 2.32. The first-order valence-electron chi connectivity index (χ1n) is 7.41. The molecule has 1 fully saturated rings. The number of rotatable bonds is 3. The second-order valence-corrected chi connectivity index (χ2v) is 5.70. The number of fused-ring (bicyclic) bond motifs is 1. The minimum Gasteiger partial charge on any atom is -0.492 e. The van der Waals surface area contributed by atoms with Gasteiger partial charge in [0.1, 0.15) is 12.4 Å². The lowest BCUT2D eigenvalue weighted by Crippen LogP contribution is -2.48. The quantitative estimate of drug-likeness (QED) is 0.906. The van der Waals surface area contributed by atoms with Gasteiger partial charge in [-0.2, -0.15) is 0 Å². The summed E-state index contributed by atoms with van der Waals surface area (Å²) in [6.07, 6.45) is 5.39. The molecule has 1 aromatic carbocycles. The highest BCUT2D eigenvalue weighted by molar-refractivity contribution is 5.37. The molecule has 1 aliphatic heterocycles. The molecule has 1 N–H and O–H groups in total. The van der Waals surface area contributed by atoms with E-state index >= 15 is 0 Å². The molecule has 0 saturated carbocycles. The lowest BCUT2D eigenvalue weighted by molar-refractivity contribution is 0.00456. The Bertz CT molecular complexity index is 425. The Kier molecular flexibility index (Phi) is 4.04. The van der Waals surface area contributed by atoms with Gasteiger partial charge in [0.15, 0.2) is 0 Å². The molecule has 104 valence electrons. The van der Waals surface area contributed by atoms with E-state index in [0.29, 0.717) is 18.8 Å². The van der Waals surface area contributed by atoms with Crippen LogP contribution in [0.4, 0.5) is 0 Å². The number of aryl methyl sites for hydroxylation is 2. The smallest absolute Gasteiger partial charge is 0.119 e. The van der Waals surface area contributed by atoms with Crippen LogP contribution in [0.5, 0.6) is 5.75 Å². The molecule has 19 heavy (non-hydrogen) atoms. The van der Waals surface area contributed by atoms with Crippen LogP contribution in [0.15, 0.2) is 18.2 Å². The molecule has 0 bridgehead atoms. The number of ether oxygens (including phenoxy) is 2. The van der Waals surface area contributed by atoms with E-state index in [0.717, 1.165) is 18.9 Å². The highest BCUT2D eigenvalue weighted by Crippen LogP contribution is 2.25. The van der Waals surface area contributed by atoms with Crippen LogP contribution in [0, 0.1) is 0 Å². The summed E-state index contributed by atoms with van der Waals surface area (Å²) in [6, 6.07) is 6.88. The minimum absolute atomic E-state index is 0.312. The topological polar surface area (TPSA) is 30.5 Å². The zero-order valence-electron chi connectivity index (χ0n) is 11.7. The number of hydrogen-bond donors (Lipinski definition) is 1. The van der Waals surface area contributed by atoms with E-state index in [1.807, 2.05) is 0 Å². The van der Waals surface area contributed by atoms with Crippen molar-refractivity contribution in [2.75, 3.05) is 19.8 Å². The molecule has 1 aliphatic carbocycles. The standard InChI is InChI=1S/C16H23NO2/c1-12-9-17-15(10-18-12)11-19-16-7-6-13-4-2-3-5-14(13)8-16/h6-8,12,15,17H,2-5,9-11H2,1H3. The van der Waals surface area contributed by atoms with Crippen molar-refractivity contribution in [2.45, 2.75) is 44.8 Å². The van der Waals surface area contributed by atoms with Crippen molar-refractivity contribution in [3.63, 3.8) is 0 Å². The Balaban J connectivity index is 1.55. The highest BCUT2D eigenvalue weighted by Gasteiger charge is 2.18. The summed E-state index contributed by atoms with van der Waals surface area (Å²) < 4.78 is 11.5. The summed E-state index contributed by atoms with van der Waals surface area (Å²) in [5.41, 5.74) is 2.98. The lowest BCUT2D eigenvalue weighted by atomic mass is 9.92. The van der Waals surface area contributed by atoms with Crippen molar-refractivity contribution >= 4 is 0 Å². The number of benzene rings is 1. The fraction of sp³-hybridized carbons (Fsp3) is 0.625. The van der Waals surface area contributed by atoms with Gasteiger partial charge >= 0.3 is 0 Å². The molecule has 3 rings (SSSR count). The van der Waals surface area contributed by atoms with Gasteiger partial charge in [-0.1, -0.05) is 6.07 Å². The average Bonchev–Trinajstić information content (AvgIpc) is 2.46. The maximum absolute atomic E-state index is 5.90. The molecule has 2 unspecified atom stereocenters. The van der Waals surface area contributed by atoms with Crippen LogP contribution >= 0.6 is 0 Å². The molecule has 0 spiro atoms. The zero-order chi connectivity index (χ0) is 13.1. The van der Waals surface area contributed by atoms with E-state index in [-0.39, 0.29) is 0 Å². The summed E-state index contributed by atoms with van der Waals surface area (Å²) in [5, 5.41) is 3.45. The van der Waals surface area contributed by atoms with Gasteiger partial charge in [-0.15, -0.1) is 0 Å². The third-order valence-corrected chi connectivity index (χ3v) is 4.05. The summed E-state index contributed by atoms with van der Waals surface area (Å²) in [5.74, 6) is 1.00. The first-order valence-corrected chi connectivity index (χ1v) is 7.41. The van der Waals surface area contributed by atoms with Crippen LogP contribution in [0.1, 0.15) is 30.9 Å². The Morgan fingerprint density at radius 1 is 1.26 bits per heavy atom. The van der Waals surface area contributed by atoms with E-state index in [9.17, 15) is 0 Å². The fourth-order valence-electron chi connectivity index (χ4n) is 2.83. The Morgan fingerprint density at radius 2 is 2.11 bits per heavy atom. The van der Waals surface area contributed by atoms with Gasteiger partial charge in [0.05, 0.1) is 18.8 Å². The van der Waals surface area contributed by atoms with Crippen LogP contribution in [0.2, 0.25) is 0 Å². The molecule has 0 radical (unpaired) electrons. The number of nitrogens with one attached hydrogen (secondary N) is 1. The Morgan fingerprint density at radius 3 is 2.89 bits per heavy atom. The second kappa shape index (κ2) is 5.93. The average molecular weight is 261 g/mol. The van der Waals surface area contributed by atoms with Gasteiger partial charge in [-0.05, 0) is 55.9 Å². The van der Waals surface area contributed by atoms with Crippen LogP contribution < -0.4 is 10.1 Å². The van der Waals surface area contributed by atoms with Gasteiger partial charge in [-0.25, -0.2) is 0 Å². The molecular formula is C16H23NO2. The van der Waals surface area contributed by atoms with E-state index in [4.69, 9.17) is 9.47 Å². The van der Waals surface area contributed by atoms with Crippen LogP contribution in [-0.2, 0) is 17.6 Å². The number of morpholine rings is 1. The van der Waals surface area contributed by atoms with E-state index < -0.39 is 0 Å². The van der Waals surface area contributed by atoms with Crippen LogP contribution in [-0.4, -0.2) is 31.9 Å². The maximum atomic E-state index is 5.90. The van der Waals surface area contributed by atoms with Crippen LogP contribution in [0.3, 0.4) is 0 Å². The monoisotopic (exact) mass is 261 g/mol. The van der Waals surface area contributed by atoms with Crippen molar-refractivity contribution in [2.24, 2.45) is 0 Å². The van der Waals surface area contributed by atoms with Gasteiger partial charge in [0.2, 0.25) is 0 Å². The van der Waals surface area contributed by atoms with Crippen molar-refractivity contribution in [1.82, 2.24) is 5.32 Å². The number of hydrogen-bond acceptors (Lipinski definition) is 3. The molecule has 2 atom stereocenters. The summed E-state index contributed by atoms with van der Waals surface area (Å²) in [4.78, 5) is 0. The molecular weight excluding hydrogens is 238 g/mol. The first-order chi connectivity index (χ1) is 9.31. The van der Waals surface area contributed by atoms with E-state index in [2.05, 4.69) is 30.4 Å². The Labute approximate surface area is 115 Å². The van der Waals surface area contributed by atoms with Crippen molar-refractivity contribution in [3.8, 4) is 5.75 Å². The maximum Gasteiger partial charge on any atom is 0.119 e. The second-order valence-electron chi connectivity index (χ2n) is 5.70. The normalized spacial score (nSPS) is 26.8. The Hall–Kier alpha value is -1.06. The van der Waals surface area contributed by atoms with E-state index in [1.165, 1.54) is 36.8 Å². The third kappa shape index (κ3) is 3.28. The molecule has 0 aromatic heterocycles. The largest absolute Gasteiger partial charge is 0.492 e. The predicted molar refractivity (Wildman–Crippen MR) is 75.8 cm³/mol. The van der Waals surface area contributed by atoms with Crippen molar-refractivity contribution in [1.29, 1.82) is 0 Å². The summed E-state index contributed by atoms with van der Waals surface area (Å²) in [7, 11) is 0. The van der Waals surface area contributed by atoms with Crippen molar-refractivity contribution in [3.05, 3.63) is 29.3 Å². The lowest BCUT2D eigenvalue weighted by Gasteiger charge is -2.28. The molecule has 1 heterocycles. The first kappa shape index (κ1) is 12.9. The summed E-state index contributed by atoms with van der Waals surface area (Å²) >= 11 is 0. The van der Waals surface area contributed by atoms with Gasteiger partial charge < -0.3 is 14.8 Å². The van der Waals surface area contributed by atoms with Gasteiger partial charge in [0, 0.05) is 6.54 Å². The molecule has 3 nitrogen and oxygen atoms in total. The molecule has 1 saturated heterocycles. The molecule has 1 aromatic rings. The SMILES string of the molecule is CC1CNC(COc2ccc3c(c2)CCCC3)CO1. The van der Waals surface area contributed by atoms with Gasteiger partial charge in [-0.3, -0.25) is 0 Å². The molecule has 3 heteroatoms. The third-order valence-electron chi connectivity index (χ3n) is 4.05. The highest BCUT2D eigenvalue weighted by atomic mass is 16.5. The van der Waals surface area contributed by atoms with Crippen LogP contribution in [0.25, 0.3) is 0 Å². The summed E-state index contributed by atoms with van der Waals surface area (Å²) in [6.45, 7) is 4.43.